The molecular formula is C18H37N3O3. The Morgan fingerprint density at radius 1 is 1.04 bits per heavy atom. The van der Waals surface area contributed by atoms with Gasteiger partial charge in [0.2, 0.25) is 5.91 Å². The fraction of sp³-hybridized carbons (Fsp3) is 0.889. The second-order valence-corrected chi connectivity index (χ2v) is 8.62. The standard InChI is InChI=1S/C18H37N3O3/c1-13(2)12-20-15(22)14(3)19-10-11-21(17(4,5)6)16(23)24-18(7,8)9/h13-14,19H,10-12H2,1-9H3,(H,20,22). The Kier molecular flexibility index (Phi) is 8.75. The summed E-state index contributed by atoms with van der Waals surface area (Å²) in [6.45, 7) is 19.1. The van der Waals surface area contributed by atoms with E-state index in [1.165, 1.54) is 0 Å². The lowest BCUT2D eigenvalue weighted by atomic mass is 10.1. The average Bonchev–Trinajstić information content (AvgIpc) is 2.36. The number of hydrogen-bond acceptors (Lipinski definition) is 4. The van der Waals surface area contributed by atoms with E-state index in [0.29, 0.717) is 25.6 Å². The Bertz CT molecular complexity index is 409. The van der Waals surface area contributed by atoms with Gasteiger partial charge in [0.15, 0.2) is 0 Å². The van der Waals surface area contributed by atoms with Crippen LogP contribution in [0, 0.1) is 5.92 Å². The van der Waals surface area contributed by atoms with E-state index in [-0.39, 0.29) is 23.6 Å². The van der Waals surface area contributed by atoms with Gasteiger partial charge in [0.25, 0.3) is 0 Å². The maximum absolute atomic E-state index is 12.4. The second-order valence-electron chi connectivity index (χ2n) is 8.62. The van der Waals surface area contributed by atoms with Gasteiger partial charge in [0.05, 0.1) is 6.04 Å². The zero-order chi connectivity index (χ0) is 19.1. The largest absolute Gasteiger partial charge is 0.444 e. The number of amides is 2. The molecule has 2 amide bonds. The van der Waals surface area contributed by atoms with Gasteiger partial charge >= 0.3 is 6.09 Å². The van der Waals surface area contributed by atoms with E-state index in [9.17, 15) is 9.59 Å². The molecule has 0 radical (unpaired) electrons. The molecule has 6 heteroatoms. The van der Waals surface area contributed by atoms with Crippen molar-refractivity contribution in [3.05, 3.63) is 0 Å². The Balaban J connectivity index is 4.53. The molecule has 1 atom stereocenters. The number of nitrogens with zero attached hydrogens (tertiary/aromatic N) is 1. The lowest BCUT2D eigenvalue weighted by molar-refractivity contribution is -0.122. The fourth-order valence-corrected chi connectivity index (χ4v) is 1.96. The molecule has 1 unspecified atom stereocenters. The van der Waals surface area contributed by atoms with Crippen LogP contribution in [-0.4, -0.2) is 53.7 Å². The van der Waals surface area contributed by atoms with Crippen molar-refractivity contribution in [2.75, 3.05) is 19.6 Å². The van der Waals surface area contributed by atoms with Crippen molar-refractivity contribution in [2.45, 2.75) is 79.5 Å². The minimum atomic E-state index is -0.530. The molecule has 0 rings (SSSR count). The minimum absolute atomic E-state index is 0.0247. The summed E-state index contributed by atoms with van der Waals surface area (Å²) in [7, 11) is 0. The van der Waals surface area contributed by atoms with Crippen LogP contribution in [0.1, 0.15) is 62.3 Å². The molecule has 2 N–H and O–H groups in total. The van der Waals surface area contributed by atoms with Gasteiger partial charge in [-0.15, -0.1) is 0 Å². The Labute approximate surface area is 147 Å². The van der Waals surface area contributed by atoms with Gasteiger partial charge in [-0.1, -0.05) is 13.8 Å². The average molecular weight is 344 g/mol. The predicted molar refractivity (Wildman–Crippen MR) is 98.0 cm³/mol. The molecule has 0 spiro atoms. The van der Waals surface area contributed by atoms with Crippen LogP contribution < -0.4 is 10.6 Å². The first-order valence-corrected chi connectivity index (χ1v) is 8.75. The normalized spacial score (nSPS) is 13.6. The monoisotopic (exact) mass is 343 g/mol. The van der Waals surface area contributed by atoms with Gasteiger partial charge in [0, 0.05) is 25.2 Å². The first-order valence-electron chi connectivity index (χ1n) is 8.75. The second kappa shape index (κ2) is 9.25. The molecule has 0 aromatic carbocycles. The Hall–Kier alpha value is -1.30. The summed E-state index contributed by atoms with van der Waals surface area (Å²) in [4.78, 5) is 26.0. The van der Waals surface area contributed by atoms with E-state index in [1.54, 1.807) is 4.90 Å². The quantitative estimate of drug-likeness (QED) is 0.746. The number of carbonyl (C=O) groups excluding carboxylic acids is 2. The molecule has 0 heterocycles. The number of rotatable bonds is 7. The van der Waals surface area contributed by atoms with Crippen molar-refractivity contribution in [3.63, 3.8) is 0 Å². The summed E-state index contributed by atoms with van der Waals surface area (Å²) < 4.78 is 5.48. The van der Waals surface area contributed by atoms with Crippen molar-refractivity contribution in [1.29, 1.82) is 0 Å². The van der Waals surface area contributed by atoms with E-state index in [2.05, 4.69) is 24.5 Å². The molecule has 0 aromatic heterocycles. The molecule has 0 aliphatic rings. The van der Waals surface area contributed by atoms with Crippen LogP contribution in [0.5, 0.6) is 0 Å². The van der Waals surface area contributed by atoms with Crippen LogP contribution in [0.3, 0.4) is 0 Å². The highest BCUT2D eigenvalue weighted by atomic mass is 16.6. The smallest absolute Gasteiger partial charge is 0.410 e. The van der Waals surface area contributed by atoms with Crippen LogP contribution >= 0.6 is 0 Å². The highest BCUT2D eigenvalue weighted by molar-refractivity contribution is 5.81. The van der Waals surface area contributed by atoms with E-state index >= 15 is 0 Å². The number of ether oxygens (including phenoxy) is 1. The van der Waals surface area contributed by atoms with E-state index in [4.69, 9.17) is 4.74 Å². The lowest BCUT2D eigenvalue weighted by Crippen LogP contribution is -2.52. The number of nitrogens with one attached hydrogen (secondary N) is 2. The van der Waals surface area contributed by atoms with Gasteiger partial charge in [-0.3, -0.25) is 4.79 Å². The first-order chi connectivity index (χ1) is 10.7. The topological polar surface area (TPSA) is 70.7 Å². The molecule has 0 aromatic rings. The molecule has 0 aliphatic carbocycles. The maximum Gasteiger partial charge on any atom is 0.410 e. The van der Waals surface area contributed by atoms with Crippen molar-refractivity contribution in [2.24, 2.45) is 5.92 Å². The summed E-state index contributed by atoms with van der Waals surface area (Å²) in [6, 6.07) is -0.302. The SMILES string of the molecule is CC(C)CNC(=O)C(C)NCCN(C(=O)OC(C)(C)C)C(C)(C)C. The van der Waals surface area contributed by atoms with Gasteiger partial charge in [-0.2, -0.15) is 0 Å². The molecule has 0 saturated carbocycles. The van der Waals surface area contributed by atoms with Gasteiger partial charge in [-0.05, 0) is 54.4 Å². The Morgan fingerprint density at radius 3 is 2.00 bits per heavy atom. The van der Waals surface area contributed by atoms with Crippen molar-refractivity contribution < 1.29 is 14.3 Å². The van der Waals surface area contributed by atoms with Gasteiger partial charge in [-0.25, -0.2) is 4.79 Å². The van der Waals surface area contributed by atoms with Crippen molar-refractivity contribution in [3.8, 4) is 0 Å². The molecule has 0 fully saturated rings. The zero-order valence-corrected chi connectivity index (χ0v) is 16.9. The summed E-state index contributed by atoms with van der Waals surface area (Å²) in [5.74, 6) is 0.396. The fourth-order valence-electron chi connectivity index (χ4n) is 1.96. The molecule has 0 aliphatic heterocycles. The molecule has 0 saturated heterocycles. The molecule has 6 nitrogen and oxygen atoms in total. The molecule has 24 heavy (non-hydrogen) atoms. The van der Waals surface area contributed by atoms with E-state index in [0.717, 1.165) is 0 Å². The summed E-state index contributed by atoms with van der Waals surface area (Å²) in [6.07, 6.45) is -0.339. The van der Waals surface area contributed by atoms with E-state index in [1.807, 2.05) is 48.5 Å². The predicted octanol–water partition coefficient (Wildman–Crippen LogP) is 2.77. The third-order valence-corrected chi connectivity index (χ3v) is 3.29. The van der Waals surface area contributed by atoms with Crippen molar-refractivity contribution >= 4 is 12.0 Å². The molecule has 0 bridgehead atoms. The zero-order valence-electron chi connectivity index (χ0n) is 16.9. The van der Waals surface area contributed by atoms with Crippen LogP contribution in [-0.2, 0) is 9.53 Å². The summed E-state index contributed by atoms with van der Waals surface area (Å²) in [5.41, 5.74) is -0.884. The van der Waals surface area contributed by atoms with Crippen LogP contribution in [0.2, 0.25) is 0 Å². The van der Waals surface area contributed by atoms with Gasteiger partial charge < -0.3 is 20.3 Å². The van der Waals surface area contributed by atoms with Gasteiger partial charge in [0.1, 0.15) is 5.60 Å². The van der Waals surface area contributed by atoms with Crippen LogP contribution in [0.4, 0.5) is 4.79 Å². The number of carbonyl (C=O) groups is 2. The third kappa shape index (κ3) is 9.75. The maximum atomic E-state index is 12.4. The third-order valence-electron chi connectivity index (χ3n) is 3.29. The Morgan fingerprint density at radius 2 is 1.58 bits per heavy atom. The highest BCUT2D eigenvalue weighted by Crippen LogP contribution is 2.17. The first kappa shape index (κ1) is 22.7. The number of hydrogen-bond donors (Lipinski definition) is 2. The summed E-state index contributed by atoms with van der Waals surface area (Å²) in [5, 5.41) is 6.06. The lowest BCUT2D eigenvalue weighted by Gasteiger charge is -2.37. The highest BCUT2D eigenvalue weighted by Gasteiger charge is 2.30. The summed E-state index contributed by atoms with van der Waals surface area (Å²) >= 11 is 0. The van der Waals surface area contributed by atoms with Crippen LogP contribution in [0.15, 0.2) is 0 Å². The van der Waals surface area contributed by atoms with Crippen LogP contribution in [0.25, 0.3) is 0 Å². The van der Waals surface area contributed by atoms with E-state index < -0.39 is 5.60 Å². The minimum Gasteiger partial charge on any atom is -0.444 e. The molecular weight excluding hydrogens is 306 g/mol. The van der Waals surface area contributed by atoms with Crippen molar-refractivity contribution in [1.82, 2.24) is 15.5 Å². The molecule has 142 valence electrons.